The molecule has 2 heterocycles. The summed E-state index contributed by atoms with van der Waals surface area (Å²) in [6.45, 7) is 0.582. The molecule has 186 valence electrons. The Labute approximate surface area is 192 Å². The summed E-state index contributed by atoms with van der Waals surface area (Å²) < 4.78 is 0. The lowest BCUT2D eigenvalue weighted by molar-refractivity contribution is 0.188. The Kier molecular flexibility index (Phi) is 10.2. The summed E-state index contributed by atoms with van der Waals surface area (Å²) in [5.74, 6) is -0.0912. The molecule has 34 heavy (non-hydrogen) atoms. The van der Waals surface area contributed by atoms with Crippen LogP contribution in [-0.2, 0) is 0 Å². The van der Waals surface area contributed by atoms with Crippen LogP contribution in [0, 0.1) is 0 Å². The molecule has 0 aliphatic heterocycles. The van der Waals surface area contributed by atoms with Crippen LogP contribution in [0.3, 0.4) is 0 Å². The van der Waals surface area contributed by atoms with E-state index in [1.165, 1.54) is 23.9 Å². The SMILES string of the molecule is CNC(=O)NCCN(CCN(CCNC(=O)NC)C(=O)Nc1nn[nH]n1)C(=O)Nc1nn[nH]n1. The molecule has 20 heteroatoms. The number of nitrogens with zero attached hydrogens (tertiary/aromatic N) is 8. The third kappa shape index (κ3) is 8.76. The molecule has 0 saturated carbocycles. The lowest BCUT2D eigenvalue weighted by Crippen LogP contribution is -2.48. The van der Waals surface area contributed by atoms with Crippen LogP contribution in [0.15, 0.2) is 0 Å². The van der Waals surface area contributed by atoms with Gasteiger partial charge < -0.3 is 31.1 Å². The van der Waals surface area contributed by atoms with E-state index in [0.29, 0.717) is 0 Å². The second kappa shape index (κ2) is 13.6. The van der Waals surface area contributed by atoms with Gasteiger partial charge in [0.2, 0.25) is 0 Å². The molecule has 0 spiro atoms. The number of anilines is 2. The van der Waals surface area contributed by atoms with E-state index in [-0.39, 0.29) is 51.2 Å². The summed E-state index contributed by atoms with van der Waals surface area (Å²) >= 11 is 0. The van der Waals surface area contributed by atoms with Gasteiger partial charge in [-0.25, -0.2) is 19.2 Å². The molecule has 0 aliphatic rings. The predicted octanol–water partition coefficient (Wildman–Crippen LogP) is -3.06. The number of nitrogens with one attached hydrogen (secondary N) is 8. The number of amides is 8. The molecule has 0 bridgehead atoms. The zero-order chi connectivity index (χ0) is 24.8. The maximum Gasteiger partial charge on any atom is 0.324 e. The van der Waals surface area contributed by atoms with Gasteiger partial charge in [-0.3, -0.25) is 10.6 Å². The molecule has 0 aromatic carbocycles. The van der Waals surface area contributed by atoms with Gasteiger partial charge in [0, 0.05) is 53.4 Å². The average Bonchev–Trinajstić information content (AvgIpc) is 3.53. The van der Waals surface area contributed by atoms with Gasteiger partial charge in [-0.1, -0.05) is 10.2 Å². The maximum absolute atomic E-state index is 12.7. The summed E-state index contributed by atoms with van der Waals surface area (Å²) in [6.07, 6.45) is 0. The van der Waals surface area contributed by atoms with Crippen molar-refractivity contribution in [2.45, 2.75) is 0 Å². The van der Waals surface area contributed by atoms with Crippen LogP contribution in [0.5, 0.6) is 0 Å². The summed E-state index contributed by atoms with van der Waals surface area (Å²) in [5.41, 5.74) is 0. The highest BCUT2D eigenvalue weighted by Crippen LogP contribution is 2.01. The quantitative estimate of drug-likeness (QED) is 0.160. The lowest BCUT2D eigenvalue weighted by Gasteiger charge is -2.27. The second-order valence-electron chi connectivity index (χ2n) is 6.32. The number of aromatic nitrogens is 8. The van der Waals surface area contributed by atoms with Crippen molar-refractivity contribution in [1.82, 2.24) is 72.3 Å². The molecule has 2 aromatic heterocycles. The van der Waals surface area contributed by atoms with Gasteiger partial charge in [0.25, 0.3) is 11.9 Å². The molecule has 8 amide bonds. The molecule has 0 unspecified atom stereocenters. The van der Waals surface area contributed by atoms with Crippen LogP contribution >= 0.6 is 0 Å². The fourth-order valence-corrected chi connectivity index (χ4v) is 2.44. The van der Waals surface area contributed by atoms with E-state index >= 15 is 0 Å². The fraction of sp³-hybridized carbons (Fsp3) is 0.571. The number of urea groups is 4. The third-order valence-corrected chi connectivity index (χ3v) is 4.13. The van der Waals surface area contributed by atoms with Crippen molar-refractivity contribution >= 4 is 36.0 Å². The Hall–Kier alpha value is -4.78. The van der Waals surface area contributed by atoms with E-state index in [1.54, 1.807) is 0 Å². The van der Waals surface area contributed by atoms with Crippen LogP contribution in [0.25, 0.3) is 0 Å². The number of aromatic amines is 2. The van der Waals surface area contributed by atoms with Crippen molar-refractivity contribution in [1.29, 1.82) is 0 Å². The number of hydrogen-bond donors (Lipinski definition) is 8. The van der Waals surface area contributed by atoms with Crippen molar-refractivity contribution < 1.29 is 19.2 Å². The number of carbonyl (C=O) groups excluding carboxylic acids is 4. The molecule has 0 radical (unpaired) electrons. The van der Waals surface area contributed by atoms with E-state index in [2.05, 4.69) is 73.1 Å². The normalized spacial score (nSPS) is 10.1. The van der Waals surface area contributed by atoms with E-state index < -0.39 is 24.1 Å². The Morgan fingerprint density at radius 1 is 0.706 bits per heavy atom. The van der Waals surface area contributed by atoms with Crippen LogP contribution in [0.4, 0.5) is 31.1 Å². The van der Waals surface area contributed by atoms with Gasteiger partial charge in [0.15, 0.2) is 0 Å². The highest BCUT2D eigenvalue weighted by molar-refractivity contribution is 5.88. The number of tetrazole rings is 2. The molecule has 2 rings (SSSR count). The number of hydrogen-bond acceptors (Lipinski definition) is 10. The van der Waals surface area contributed by atoms with Crippen LogP contribution in [0.1, 0.15) is 0 Å². The molecule has 20 nitrogen and oxygen atoms in total. The van der Waals surface area contributed by atoms with Crippen LogP contribution in [-0.4, -0.2) is 129 Å². The minimum absolute atomic E-state index is 0.0456. The number of carbonyl (C=O) groups is 4. The second-order valence-corrected chi connectivity index (χ2v) is 6.32. The molecule has 0 saturated heterocycles. The zero-order valence-electron chi connectivity index (χ0n) is 18.5. The van der Waals surface area contributed by atoms with Crippen LogP contribution < -0.4 is 31.9 Å². The fourth-order valence-electron chi connectivity index (χ4n) is 2.44. The van der Waals surface area contributed by atoms with Gasteiger partial charge in [0.05, 0.1) is 0 Å². The Balaban J connectivity index is 2.02. The van der Waals surface area contributed by atoms with Gasteiger partial charge >= 0.3 is 24.1 Å². The molecular formula is C14H26N16O4. The zero-order valence-corrected chi connectivity index (χ0v) is 18.5. The van der Waals surface area contributed by atoms with E-state index in [9.17, 15) is 19.2 Å². The van der Waals surface area contributed by atoms with E-state index in [1.807, 2.05) is 0 Å². The van der Waals surface area contributed by atoms with Crippen molar-refractivity contribution in [2.24, 2.45) is 0 Å². The monoisotopic (exact) mass is 482 g/mol. The smallest absolute Gasteiger partial charge is 0.324 e. The van der Waals surface area contributed by atoms with Crippen molar-refractivity contribution in [3.05, 3.63) is 0 Å². The minimum Gasteiger partial charge on any atom is -0.341 e. The molecule has 8 N–H and O–H groups in total. The summed E-state index contributed by atoms with van der Waals surface area (Å²) in [7, 11) is 2.92. The summed E-state index contributed by atoms with van der Waals surface area (Å²) in [4.78, 5) is 50.9. The van der Waals surface area contributed by atoms with Crippen LogP contribution in [0.2, 0.25) is 0 Å². The summed E-state index contributed by atoms with van der Waals surface area (Å²) in [5, 5.41) is 40.7. The molecule has 0 aliphatic carbocycles. The average molecular weight is 482 g/mol. The predicted molar refractivity (Wildman–Crippen MR) is 114 cm³/mol. The van der Waals surface area contributed by atoms with E-state index in [0.717, 1.165) is 0 Å². The van der Waals surface area contributed by atoms with Gasteiger partial charge in [-0.2, -0.15) is 10.4 Å². The highest BCUT2D eigenvalue weighted by Gasteiger charge is 2.20. The first-order chi connectivity index (χ1) is 16.4. The van der Waals surface area contributed by atoms with Gasteiger partial charge in [0.1, 0.15) is 0 Å². The van der Waals surface area contributed by atoms with Gasteiger partial charge in [-0.05, 0) is 10.4 Å². The Morgan fingerprint density at radius 2 is 1.12 bits per heavy atom. The standard InChI is InChI=1S/C14H26N16O4/c1-15-11(31)17-3-5-29(13(33)19-9-21-25-26-22-9)7-8-30(6-4-18-12(32)16-2)14(34)20-10-23-27-28-24-10/h3-8H2,1-2H3,(H2,15,17,31)(H2,16,18,32)(H2,19,21,22,25,26,33)(H2,20,23,24,27,28,34). The first kappa shape index (κ1) is 25.5. The first-order valence-corrected chi connectivity index (χ1v) is 9.92. The topological polar surface area (TPSA) is 256 Å². The largest absolute Gasteiger partial charge is 0.341 e. The maximum atomic E-state index is 12.7. The van der Waals surface area contributed by atoms with Crippen molar-refractivity contribution in [3.8, 4) is 0 Å². The van der Waals surface area contributed by atoms with E-state index in [4.69, 9.17) is 0 Å². The lowest BCUT2D eigenvalue weighted by atomic mass is 10.4. The highest BCUT2D eigenvalue weighted by atomic mass is 16.2. The van der Waals surface area contributed by atoms with Crippen molar-refractivity contribution in [3.63, 3.8) is 0 Å². The first-order valence-electron chi connectivity index (χ1n) is 9.92. The molecular weight excluding hydrogens is 456 g/mol. The number of rotatable bonds is 11. The Bertz CT molecular complexity index is 829. The third-order valence-electron chi connectivity index (χ3n) is 4.13. The molecule has 2 aromatic rings. The van der Waals surface area contributed by atoms with Gasteiger partial charge in [-0.15, -0.1) is 10.2 Å². The number of H-pyrrole nitrogens is 2. The van der Waals surface area contributed by atoms with Crippen molar-refractivity contribution in [2.75, 3.05) is 64.0 Å². The molecule has 0 atom stereocenters. The minimum atomic E-state index is -0.581. The molecule has 0 fully saturated rings. The summed E-state index contributed by atoms with van der Waals surface area (Å²) in [6, 6.07) is -2.00. The Morgan fingerprint density at radius 3 is 1.44 bits per heavy atom.